The highest BCUT2D eigenvalue weighted by atomic mass is 35.5. The maximum absolute atomic E-state index is 12.3. The minimum atomic E-state index is -4.40. The Morgan fingerprint density at radius 2 is 2.00 bits per heavy atom. The summed E-state index contributed by atoms with van der Waals surface area (Å²) in [5, 5.41) is 11.8. The van der Waals surface area contributed by atoms with Gasteiger partial charge >= 0.3 is 6.30 Å². The summed E-state index contributed by atoms with van der Waals surface area (Å²) in [5.41, 5.74) is 0. The number of nitrogens with zero attached hydrogens (tertiary/aromatic N) is 3. The van der Waals surface area contributed by atoms with E-state index in [2.05, 4.69) is 20.7 Å². The molecule has 2 rings (SSSR count). The number of alkyl halides is 3. The van der Waals surface area contributed by atoms with Crippen molar-refractivity contribution in [2.24, 2.45) is 0 Å². The molecular weight excluding hydrogens is 223 g/mol. The maximum atomic E-state index is 12.3. The summed E-state index contributed by atoms with van der Waals surface area (Å²) in [5.74, 6) is -0.0534. The molecule has 0 unspecified atom stereocenters. The van der Waals surface area contributed by atoms with Gasteiger partial charge in [0.25, 0.3) is 0 Å². The average Bonchev–Trinajstić information content (AvgIpc) is 2.48. The lowest BCUT2D eigenvalue weighted by Crippen LogP contribution is -2.44. The number of nitrogens with one attached hydrogen (secondary N) is 2. The van der Waals surface area contributed by atoms with Gasteiger partial charge in [0.1, 0.15) is 0 Å². The van der Waals surface area contributed by atoms with Gasteiger partial charge in [-0.3, -0.25) is 4.90 Å². The predicted octanol–water partition coefficient (Wildman–Crippen LogP) is 0.978. The fraction of sp³-hybridized carbons (Fsp3) is 0.600. The Bertz CT molecular complexity index is 311. The maximum Gasteiger partial charge on any atom is 0.486 e. The quantitative estimate of drug-likeness (QED) is 0.651. The SMILES string of the molecule is Cl.FC(F)(F)N1CCNc2n[nH]nc21. The number of hydrogen-bond donors (Lipinski definition) is 2. The van der Waals surface area contributed by atoms with Crippen LogP contribution in [0.4, 0.5) is 24.8 Å². The normalized spacial score (nSPS) is 15.5. The lowest BCUT2D eigenvalue weighted by atomic mass is 10.4. The highest BCUT2D eigenvalue weighted by Crippen LogP contribution is 2.32. The lowest BCUT2D eigenvalue weighted by molar-refractivity contribution is -0.129. The molecule has 0 aliphatic carbocycles. The number of aromatic nitrogens is 3. The third-order valence-electron chi connectivity index (χ3n) is 1.72. The molecule has 1 aromatic rings. The van der Waals surface area contributed by atoms with Crippen LogP contribution in [0.1, 0.15) is 0 Å². The van der Waals surface area contributed by atoms with Crippen molar-refractivity contribution in [1.29, 1.82) is 0 Å². The number of halogens is 4. The molecule has 1 aromatic heterocycles. The number of anilines is 2. The molecule has 2 N–H and O–H groups in total. The monoisotopic (exact) mass is 229 g/mol. The van der Waals surface area contributed by atoms with Gasteiger partial charge in [-0.1, -0.05) is 0 Å². The van der Waals surface area contributed by atoms with E-state index in [1.54, 1.807) is 0 Å². The molecule has 0 radical (unpaired) electrons. The van der Waals surface area contributed by atoms with Gasteiger partial charge in [-0.15, -0.1) is 22.6 Å². The van der Waals surface area contributed by atoms with Crippen LogP contribution in [-0.2, 0) is 0 Å². The molecule has 0 atom stereocenters. The first kappa shape index (κ1) is 10.9. The molecule has 80 valence electrons. The molecule has 0 bridgehead atoms. The molecule has 0 fully saturated rings. The average molecular weight is 230 g/mol. The molecule has 2 heterocycles. The Hall–Kier alpha value is -1.18. The minimum Gasteiger partial charge on any atom is -0.364 e. The van der Waals surface area contributed by atoms with Crippen LogP contribution in [0.2, 0.25) is 0 Å². The molecule has 1 aliphatic heterocycles. The van der Waals surface area contributed by atoms with Gasteiger partial charge in [0.05, 0.1) is 0 Å². The molecule has 0 spiro atoms. The standard InChI is InChI=1S/C5H6F3N5.ClH/c6-5(7,8)13-2-1-9-3-4(13)11-12-10-3;/h1-2H2,(H2,9,10,11,12);1H. The second-order valence-electron chi connectivity index (χ2n) is 2.54. The molecule has 0 amide bonds. The van der Waals surface area contributed by atoms with Crippen molar-refractivity contribution < 1.29 is 13.2 Å². The van der Waals surface area contributed by atoms with E-state index < -0.39 is 6.30 Å². The molecule has 0 saturated carbocycles. The van der Waals surface area contributed by atoms with Crippen molar-refractivity contribution in [2.45, 2.75) is 6.30 Å². The van der Waals surface area contributed by atoms with Crippen LogP contribution in [0.5, 0.6) is 0 Å². The van der Waals surface area contributed by atoms with Crippen molar-refractivity contribution in [3.8, 4) is 0 Å². The first-order chi connectivity index (χ1) is 6.09. The van der Waals surface area contributed by atoms with E-state index in [-0.39, 0.29) is 42.0 Å². The summed E-state index contributed by atoms with van der Waals surface area (Å²) in [6.07, 6.45) is -4.40. The highest BCUT2D eigenvalue weighted by Gasteiger charge is 2.41. The molecule has 1 aliphatic rings. The molecule has 14 heavy (non-hydrogen) atoms. The summed E-state index contributed by atoms with van der Waals surface area (Å²) >= 11 is 0. The van der Waals surface area contributed by atoms with E-state index in [0.717, 1.165) is 0 Å². The van der Waals surface area contributed by atoms with Gasteiger partial charge in [-0.25, -0.2) is 0 Å². The topological polar surface area (TPSA) is 56.8 Å². The number of rotatable bonds is 0. The fourth-order valence-electron chi connectivity index (χ4n) is 1.17. The molecule has 9 heteroatoms. The van der Waals surface area contributed by atoms with Gasteiger partial charge in [0.2, 0.25) is 5.82 Å². The van der Waals surface area contributed by atoms with Crippen LogP contribution >= 0.6 is 12.4 Å². The largest absolute Gasteiger partial charge is 0.486 e. The summed E-state index contributed by atoms with van der Waals surface area (Å²) in [4.78, 5) is 0.252. The van der Waals surface area contributed by atoms with Crippen molar-refractivity contribution in [3.63, 3.8) is 0 Å². The number of aromatic amines is 1. The van der Waals surface area contributed by atoms with Crippen LogP contribution in [0.15, 0.2) is 0 Å². The van der Waals surface area contributed by atoms with Crippen molar-refractivity contribution in [1.82, 2.24) is 15.4 Å². The van der Waals surface area contributed by atoms with Crippen molar-refractivity contribution >= 4 is 24.0 Å². The van der Waals surface area contributed by atoms with E-state index in [9.17, 15) is 13.2 Å². The summed E-state index contributed by atoms with van der Waals surface area (Å²) in [7, 11) is 0. The van der Waals surface area contributed by atoms with Gasteiger partial charge in [-0.05, 0) is 0 Å². The Kier molecular flexibility index (Phi) is 2.74. The smallest absolute Gasteiger partial charge is 0.364 e. The molecule has 5 nitrogen and oxygen atoms in total. The van der Waals surface area contributed by atoms with Crippen LogP contribution in [-0.4, -0.2) is 34.8 Å². The van der Waals surface area contributed by atoms with E-state index in [1.165, 1.54) is 0 Å². The second kappa shape index (κ2) is 3.52. The third-order valence-corrected chi connectivity index (χ3v) is 1.72. The van der Waals surface area contributed by atoms with E-state index in [1.807, 2.05) is 0 Å². The predicted molar refractivity (Wildman–Crippen MR) is 45.5 cm³/mol. The number of hydrogen-bond acceptors (Lipinski definition) is 4. The molecular formula is C5H7ClF3N5. The van der Waals surface area contributed by atoms with Crippen LogP contribution in [0.25, 0.3) is 0 Å². The van der Waals surface area contributed by atoms with E-state index in [0.29, 0.717) is 0 Å². The van der Waals surface area contributed by atoms with Crippen LogP contribution in [0, 0.1) is 0 Å². The summed E-state index contributed by atoms with van der Waals surface area (Å²) in [6.45, 7) is 0.0576. The Balaban J connectivity index is 0.000000980. The van der Waals surface area contributed by atoms with E-state index in [4.69, 9.17) is 0 Å². The zero-order valence-corrected chi connectivity index (χ0v) is 7.61. The van der Waals surface area contributed by atoms with Gasteiger partial charge < -0.3 is 5.32 Å². The van der Waals surface area contributed by atoms with Gasteiger partial charge in [-0.2, -0.15) is 18.4 Å². The lowest BCUT2D eigenvalue weighted by Gasteiger charge is -2.28. The van der Waals surface area contributed by atoms with Crippen LogP contribution < -0.4 is 10.2 Å². The highest BCUT2D eigenvalue weighted by molar-refractivity contribution is 5.85. The van der Waals surface area contributed by atoms with Crippen molar-refractivity contribution in [3.05, 3.63) is 0 Å². The third kappa shape index (κ3) is 1.69. The summed E-state index contributed by atoms with van der Waals surface area (Å²) < 4.78 is 36.9. The molecule has 0 saturated heterocycles. The Morgan fingerprint density at radius 3 is 2.64 bits per heavy atom. The zero-order valence-electron chi connectivity index (χ0n) is 6.80. The number of H-pyrrole nitrogens is 1. The zero-order chi connectivity index (χ0) is 9.47. The van der Waals surface area contributed by atoms with Gasteiger partial charge in [0, 0.05) is 13.1 Å². The summed E-state index contributed by atoms with van der Waals surface area (Å²) in [6, 6.07) is 0. The Morgan fingerprint density at radius 1 is 1.29 bits per heavy atom. The van der Waals surface area contributed by atoms with E-state index >= 15 is 0 Å². The van der Waals surface area contributed by atoms with Crippen LogP contribution in [0.3, 0.4) is 0 Å². The second-order valence-corrected chi connectivity index (χ2v) is 2.54. The Labute approximate surface area is 83.1 Å². The minimum absolute atomic E-state index is 0. The molecule has 0 aromatic carbocycles. The van der Waals surface area contributed by atoms with Gasteiger partial charge in [0.15, 0.2) is 5.82 Å². The first-order valence-corrected chi connectivity index (χ1v) is 3.58. The van der Waals surface area contributed by atoms with Crippen molar-refractivity contribution in [2.75, 3.05) is 23.3 Å². The number of fused-ring (bicyclic) bond motifs is 1. The first-order valence-electron chi connectivity index (χ1n) is 3.58. The fourth-order valence-corrected chi connectivity index (χ4v) is 1.17.